The molecule has 2 aromatic rings. The zero-order valence-corrected chi connectivity index (χ0v) is 16.5. The third kappa shape index (κ3) is 4.47. The lowest BCUT2D eigenvalue weighted by Crippen LogP contribution is -2.37. The number of benzene rings is 1. The third-order valence-electron chi connectivity index (χ3n) is 5.24. The van der Waals surface area contributed by atoms with Gasteiger partial charge in [0.15, 0.2) is 5.16 Å². The molecule has 140 valence electrons. The molecule has 1 saturated carbocycles. The molecule has 1 fully saturated rings. The Bertz CT molecular complexity index is 722. The maximum absolute atomic E-state index is 12.7. The van der Waals surface area contributed by atoms with Crippen molar-refractivity contribution >= 4 is 17.7 Å². The molecule has 3 rings (SSSR count). The largest absolute Gasteiger partial charge is 0.342 e. The van der Waals surface area contributed by atoms with Crippen LogP contribution < -0.4 is 0 Å². The van der Waals surface area contributed by atoms with Gasteiger partial charge in [-0.15, -0.1) is 10.2 Å². The van der Waals surface area contributed by atoms with Crippen molar-refractivity contribution in [3.63, 3.8) is 0 Å². The van der Waals surface area contributed by atoms with Crippen molar-refractivity contribution in [2.45, 2.75) is 63.1 Å². The number of para-hydroxylation sites is 1. The van der Waals surface area contributed by atoms with Gasteiger partial charge < -0.3 is 4.90 Å². The SMILES string of the molecule is CCc1ccccc1-n1cnnc1SCC(=O)N(C)C1CCCCCC1. The minimum Gasteiger partial charge on any atom is -0.342 e. The van der Waals surface area contributed by atoms with Crippen molar-refractivity contribution in [3.8, 4) is 5.69 Å². The Morgan fingerprint density at radius 1 is 1.23 bits per heavy atom. The summed E-state index contributed by atoms with van der Waals surface area (Å²) in [6, 6.07) is 8.66. The van der Waals surface area contributed by atoms with E-state index in [2.05, 4.69) is 29.3 Å². The van der Waals surface area contributed by atoms with Crippen LogP contribution in [0.1, 0.15) is 51.0 Å². The summed E-state index contributed by atoms with van der Waals surface area (Å²) < 4.78 is 1.99. The molecule has 0 radical (unpaired) electrons. The number of carbonyl (C=O) groups excluding carboxylic acids is 1. The molecule has 0 unspecified atom stereocenters. The lowest BCUT2D eigenvalue weighted by atomic mass is 10.1. The predicted octanol–water partition coefficient (Wildman–Crippen LogP) is 4.10. The maximum Gasteiger partial charge on any atom is 0.233 e. The summed E-state index contributed by atoms with van der Waals surface area (Å²) in [6.45, 7) is 2.14. The Morgan fingerprint density at radius 3 is 2.69 bits per heavy atom. The minimum absolute atomic E-state index is 0.181. The van der Waals surface area contributed by atoms with E-state index >= 15 is 0 Å². The normalized spacial score (nSPS) is 15.6. The second-order valence-electron chi connectivity index (χ2n) is 6.90. The van der Waals surface area contributed by atoms with Crippen LogP contribution in [0.4, 0.5) is 0 Å². The minimum atomic E-state index is 0.181. The topological polar surface area (TPSA) is 51.0 Å². The number of thioether (sulfide) groups is 1. The fourth-order valence-corrected chi connectivity index (χ4v) is 4.46. The van der Waals surface area contributed by atoms with E-state index in [-0.39, 0.29) is 5.91 Å². The van der Waals surface area contributed by atoms with Gasteiger partial charge in [-0.3, -0.25) is 9.36 Å². The number of amides is 1. The average molecular weight is 373 g/mol. The van der Waals surface area contributed by atoms with Gasteiger partial charge in [-0.05, 0) is 30.9 Å². The predicted molar refractivity (Wildman–Crippen MR) is 106 cm³/mol. The number of nitrogens with zero attached hydrogens (tertiary/aromatic N) is 4. The molecule has 0 aliphatic heterocycles. The van der Waals surface area contributed by atoms with Crippen molar-refractivity contribution in [3.05, 3.63) is 36.2 Å². The lowest BCUT2D eigenvalue weighted by Gasteiger charge is -2.27. The molecule has 1 aromatic heterocycles. The monoisotopic (exact) mass is 372 g/mol. The first kappa shape index (κ1) is 19.0. The van der Waals surface area contributed by atoms with Gasteiger partial charge in [0.25, 0.3) is 0 Å². The van der Waals surface area contributed by atoms with Gasteiger partial charge >= 0.3 is 0 Å². The molecule has 1 aromatic carbocycles. The number of hydrogen-bond donors (Lipinski definition) is 0. The number of hydrogen-bond acceptors (Lipinski definition) is 4. The fraction of sp³-hybridized carbons (Fsp3) is 0.550. The molecule has 1 heterocycles. The molecule has 1 amide bonds. The summed E-state index contributed by atoms with van der Waals surface area (Å²) in [7, 11) is 1.95. The molecule has 0 spiro atoms. The number of aromatic nitrogens is 3. The highest BCUT2D eigenvalue weighted by Gasteiger charge is 2.22. The lowest BCUT2D eigenvalue weighted by molar-refractivity contribution is -0.129. The van der Waals surface area contributed by atoms with Crippen molar-refractivity contribution in [1.29, 1.82) is 0 Å². The van der Waals surface area contributed by atoms with E-state index in [0.717, 1.165) is 30.1 Å². The van der Waals surface area contributed by atoms with Gasteiger partial charge in [0.1, 0.15) is 6.33 Å². The van der Waals surface area contributed by atoms with E-state index in [1.54, 1.807) is 6.33 Å². The van der Waals surface area contributed by atoms with E-state index in [4.69, 9.17) is 0 Å². The molecule has 1 aliphatic rings. The van der Waals surface area contributed by atoms with E-state index < -0.39 is 0 Å². The Balaban J connectivity index is 1.65. The summed E-state index contributed by atoms with van der Waals surface area (Å²) in [6.07, 6.45) is 10.0. The van der Waals surface area contributed by atoms with Gasteiger partial charge in [0.2, 0.25) is 5.91 Å². The number of rotatable bonds is 6. The summed E-state index contributed by atoms with van der Waals surface area (Å²) >= 11 is 1.47. The maximum atomic E-state index is 12.7. The van der Waals surface area contributed by atoms with E-state index in [9.17, 15) is 4.79 Å². The van der Waals surface area contributed by atoms with Gasteiger partial charge in [-0.25, -0.2) is 0 Å². The van der Waals surface area contributed by atoms with Crippen molar-refractivity contribution in [2.24, 2.45) is 0 Å². The smallest absolute Gasteiger partial charge is 0.233 e. The van der Waals surface area contributed by atoms with Crippen LogP contribution in [0, 0.1) is 0 Å². The number of carbonyl (C=O) groups is 1. The first-order valence-electron chi connectivity index (χ1n) is 9.57. The highest BCUT2D eigenvalue weighted by Crippen LogP contribution is 2.25. The van der Waals surface area contributed by atoms with E-state index in [1.807, 2.05) is 28.6 Å². The fourth-order valence-electron chi connectivity index (χ4n) is 3.61. The van der Waals surface area contributed by atoms with Crippen LogP contribution in [0.2, 0.25) is 0 Å². The van der Waals surface area contributed by atoms with Crippen LogP contribution in [0.3, 0.4) is 0 Å². The Kier molecular flexibility index (Phi) is 6.72. The van der Waals surface area contributed by atoms with Crippen LogP contribution >= 0.6 is 11.8 Å². The molecule has 26 heavy (non-hydrogen) atoms. The molecule has 0 saturated heterocycles. The summed E-state index contributed by atoms with van der Waals surface area (Å²) in [4.78, 5) is 14.6. The van der Waals surface area contributed by atoms with Crippen molar-refractivity contribution in [1.82, 2.24) is 19.7 Å². The second kappa shape index (κ2) is 9.21. The van der Waals surface area contributed by atoms with Crippen LogP contribution in [0.5, 0.6) is 0 Å². The van der Waals surface area contributed by atoms with Crippen molar-refractivity contribution < 1.29 is 4.79 Å². The molecule has 6 heteroatoms. The second-order valence-corrected chi connectivity index (χ2v) is 7.85. The molecule has 0 bridgehead atoms. The summed E-state index contributed by atoms with van der Waals surface area (Å²) in [5.74, 6) is 0.584. The zero-order chi connectivity index (χ0) is 18.4. The van der Waals surface area contributed by atoms with Crippen LogP contribution in [-0.2, 0) is 11.2 Å². The highest BCUT2D eigenvalue weighted by atomic mass is 32.2. The Morgan fingerprint density at radius 2 is 1.96 bits per heavy atom. The molecular weight excluding hydrogens is 344 g/mol. The van der Waals surface area contributed by atoms with E-state index in [0.29, 0.717) is 11.8 Å². The van der Waals surface area contributed by atoms with Crippen LogP contribution in [0.15, 0.2) is 35.7 Å². The van der Waals surface area contributed by atoms with Crippen LogP contribution in [0.25, 0.3) is 5.69 Å². The Hall–Kier alpha value is -1.82. The highest BCUT2D eigenvalue weighted by molar-refractivity contribution is 7.99. The van der Waals surface area contributed by atoms with E-state index in [1.165, 1.54) is 43.0 Å². The van der Waals surface area contributed by atoms with Gasteiger partial charge in [-0.2, -0.15) is 0 Å². The van der Waals surface area contributed by atoms with Gasteiger partial charge in [0, 0.05) is 13.1 Å². The molecule has 1 aliphatic carbocycles. The van der Waals surface area contributed by atoms with Crippen molar-refractivity contribution in [2.75, 3.05) is 12.8 Å². The standard InChI is InChI=1S/C20H28N4OS/c1-3-16-10-8-9-13-18(16)24-15-21-22-20(24)26-14-19(25)23(2)17-11-6-4-5-7-12-17/h8-10,13,15,17H,3-7,11-12,14H2,1-2H3. The Labute approximate surface area is 160 Å². The third-order valence-corrected chi connectivity index (χ3v) is 6.17. The zero-order valence-electron chi connectivity index (χ0n) is 15.7. The first-order valence-corrected chi connectivity index (χ1v) is 10.6. The molecule has 5 nitrogen and oxygen atoms in total. The quantitative estimate of drug-likeness (QED) is 0.566. The average Bonchev–Trinajstić information content (AvgIpc) is 2.97. The first-order chi connectivity index (χ1) is 12.7. The molecule has 0 N–H and O–H groups in total. The molecule has 0 atom stereocenters. The number of aryl methyl sites for hydroxylation is 1. The van der Waals surface area contributed by atoms with Gasteiger partial charge in [-0.1, -0.05) is 62.6 Å². The summed E-state index contributed by atoms with van der Waals surface area (Å²) in [5, 5.41) is 9.07. The molecular formula is C20H28N4OS. The van der Waals surface area contributed by atoms with Gasteiger partial charge in [0.05, 0.1) is 11.4 Å². The van der Waals surface area contributed by atoms with Crippen LogP contribution in [-0.4, -0.2) is 44.4 Å². The summed E-state index contributed by atoms with van der Waals surface area (Å²) in [5.41, 5.74) is 2.34.